The van der Waals surface area contributed by atoms with E-state index < -0.39 is 0 Å². The van der Waals surface area contributed by atoms with E-state index in [4.69, 9.17) is 9.97 Å². The van der Waals surface area contributed by atoms with Gasteiger partial charge in [-0.05, 0) is 89.1 Å². The number of halogens is 3. The summed E-state index contributed by atoms with van der Waals surface area (Å²) in [6.45, 7) is 8.33. The number of hydrogen-bond acceptors (Lipinski definition) is 4. The monoisotopic (exact) mass is 584 g/mol. The molecular weight excluding hydrogens is 564 g/mol. The van der Waals surface area contributed by atoms with Crippen molar-refractivity contribution >= 4 is 64.6 Å². The highest BCUT2D eigenvalue weighted by Crippen LogP contribution is 2.40. The Labute approximate surface area is 195 Å². The van der Waals surface area contributed by atoms with Crippen molar-refractivity contribution in [2.75, 3.05) is 24.6 Å². The first kappa shape index (κ1) is 21.3. The fourth-order valence-corrected chi connectivity index (χ4v) is 6.74. The van der Waals surface area contributed by atoms with Gasteiger partial charge in [-0.2, -0.15) is 0 Å². The normalized spacial score (nSPS) is 15.5. The molecule has 1 N–H and O–H groups in total. The van der Waals surface area contributed by atoms with Gasteiger partial charge in [0.1, 0.15) is 11.6 Å². The number of aliphatic hydroxyl groups excluding tert-OH is 1. The molecule has 154 valence electrons. The van der Waals surface area contributed by atoms with Crippen LogP contribution in [-0.2, 0) is 0 Å². The number of aromatic nitrogens is 3. The maximum atomic E-state index is 9.49. The van der Waals surface area contributed by atoms with Crippen LogP contribution in [0, 0.1) is 26.7 Å². The van der Waals surface area contributed by atoms with E-state index in [9.17, 15) is 5.11 Å². The lowest BCUT2D eigenvalue weighted by atomic mass is 9.97. The van der Waals surface area contributed by atoms with Gasteiger partial charge in [-0.25, -0.2) is 9.97 Å². The second-order valence-electron chi connectivity index (χ2n) is 7.67. The lowest BCUT2D eigenvalue weighted by Gasteiger charge is -2.32. The fraction of sp³-hybridized carbons (Fsp3) is 0.429. The molecule has 1 aliphatic rings. The molecule has 0 unspecified atom stereocenters. The number of benzene rings is 1. The first-order chi connectivity index (χ1) is 13.8. The molecule has 5 nitrogen and oxygen atoms in total. The smallest absolute Gasteiger partial charge is 0.150 e. The quantitative estimate of drug-likeness (QED) is 0.419. The highest BCUT2D eigenvalue weighted by Gasteiger charge is 2.26. The summed E-state index contributed by atoms with van der Waals surface area (Å²) in [5, 5.41) is 10.6. The van der Waals surface area contributed by atoms with Gasteiger partial charge in [0.25, 0.3) is 0 Å². The summed E-state index contributed by atoms with van der Waals surface area (Å²) in [6.07, 6.45) is 1.98. The lowest BCUT2D eigenvalue weighted by Crippen LogP contribution is -2.35. The van der Waals surface area contributed by atoms with Gasteiger partial charge in [0.15, 0.2) is 5.65 Å². The molecule has 8 heteroatoms. The average Bonchev–Trinajstić information content (AvgIpc) is 2.92. The van der Waals surface area contributed by atoms with Crippen LogP contribution < -0.4 is 4.90 Å². The molecule has 3 aromatic rings. The van der Waals surface area contributed by atoms with Crippen LogP contribution in [0.5, 0.6) is 0 Å². The Morgan fingerprint density at radius 3 is 2.24 bits per heavy atom. The summed E-state index contributed by atoms with van der Waals surface area (Å²) in [7, 11) is 0. The van der Waals surface area contributed by atoms with Gasteiger partial charge >= 0.3 is 0 Å². The van der Waals surface area contributed by atoms with Crippen LogP contribution in [0.15, 0.2) is 25.6 Å². The van der Waals surface area contributed by atoms with Gasteiger partial charge in [-0.15, -0.1) is 0 Å². The highest BCUT2D eigenvalue weighted by atomic mass is 79.9. The summed E-state index contributed by atoms with van der Waals surface area (Å²) < 4.78 is 5.19. The molecule has 0 spiro atoms. The maximum Gasteiger partial charge on any atom is 0.150 e. The average molecular weight is 587 g/mol. The number of aliphatic hydroxyl groups is 1. The van der Waals surface area contributed by atoms with E-state index in [0.717, 1.165) is 73.4 Å². The maximum absolute atomic E-state index is 9.49. The predicted molar refractivity (Wildman–Crippen MR) is 128 cm³/mol. The molecule has 0 amide bonds. The number of nitrogens with zero attached hydrogens (tertiary/aromatic N) is 4. The van der Waals surface area contributed by atoms with E-state index in [-0.39, 0.29) is 6.61 Å². The zero-order valence-electron chi connectivity index (χ0n) is 16.6. The SMILES string of the molecule is Cc1nc(N2CCC(CO)CC2)c2c(C)c(C)n(-c3c(Br)cc(Br)cc3Br)c2n1. The van der Waals surface area contributed by atoms with Gasteiger partial charge in [-0.3, -0.25) is 4.57 Å². The fourth-order valence-electron chi connectivity index (χ4n) is 4.13. The lowest BCUT2D eigenvalue weighted by molar-refractivity contribution is 0.203. The molecule has 0 aliphatic carbocycles. The van der Waals surface area contributed by atoms with Crippen LogP contribution in [0.4, 0.5) is 5.82 Å². The Bertz CT molecular complexity index is 1060. The van der Waals surface area contributed by atoms with Crippen LogP contribution in [-0.4, -0.2) is 39.3 Å². The van der Waals surface area contributed by atoms with Crippen molar-refractivity contribution in [1.82, 2.24) is 14.5 Å². The second kappa shape index (κ2) is 8.29. The van der Waals surface area contributed by atoms with Crippen LogP contribution >= 0.6 is 47.8 Å². The Hall–Kier alpha value is -0.960. The van der Waals surface area contributed by atoms with E-state index in [2.05, 4.69) is 83.2 Å². The number of fused-ring (bicyclic) bond motifs is 1. The van der Waals surface area contributed by atoms with Crippen LogP contribution in [0.25, 0.3) is 16.7 Å². The summed E-state index contributed by atoms with van der Waals surface area (Å²) in [6, 6.07) is 4.10. The van der Waals surface area contributed by atoms with Crippen molar-refractivity contribution in [1.29, 1.82) is 0 Å². The van der Waals surface area contributed by atoms with Gasteiger partial charge in [0.05, 0.1) is 11.1 Å². The minimum atomic E-state index is 0.270. The third-order valence-corrected chi connectivity index (χ3v) is 7.49. The molecule has 0 atom stereocenters. The largest absolute Gasteiger partial charge is 0.396 e. The number of hydrogen-bond donors (Lipinski definition) is 1. The molecule has 0 radical (unpaired) electrons. The molecule has 1 fully saturated rings. The molecule has 2 aromatic heterocycles. The van der Waals surface area contributed by atoms with Gasteiger partial charge in [0, 0.05) is 38.8 Å². The molecule has 3 heterocycles. The van der Waals surface area contributed by atoms with Gasteiger partial charge in [0.2, 0.25) is 0 Å². The molecule has 0 saturated carbocycles. The van der Waals surface area contributed by atoms with Crippen LogP contribution in [0.2, 0.25) is 0 Å². The molecule has 1 aromatic carbocycles. The van der Waals surface area contributed by atoms with Crippen molar-refractivity contribution < 1.29 is 5.11 Å². The van der Waals surface area contributed by atoms with E-state index >= 15 is 0 Å². The minimum Gasteiger partial charge on any atom is -0.396 e. The summed E-state index contributed by atoms with van der Waals surface area (Å²) in [4.78, 5) is 12.1. The third-order valence-electron chi connectivity index (χ3n) is 5.83. The third kappa shape index (κ3) is 3.77. The zero-order valence-corrected chi connectivity index (χ0v) is 21.4. The molecule has 1 saturated heterocycles. The van der Waals surface area contributed by atoms with Crippen molar-refractivity contribution in [3.8, 4) is 5.69 Å². The Kier molecular flexibility index (Phi) is 6.08. The molecular formula is C21H23Br3N4O. The summed E-state index contributed by atoms with van der Waals surface area (Å²) >= 11 is 11.0. The van der Waals surface area contributed by atoms with Crippen molar-refractivity contribution in [2.24, 2.45) is 5.92 Å². The van der Waals surface area contributed by atoms with Crippen molar-refractivity contribution in [3.63, 3.8) is 0 Å². The topological polar surface area (TPSA) is 54.2 Å². The summed E-state index contributed by atoms with van der Waals surface area (Å²) in [5.41, 5.74) is 4.30. The predicted octanol–water partition coefficient (Wildman–Crippen LogP) is 5.84. The Morgan fingerprint density at radius 1 is 1.03 bits per heavy atom. The number of piperidine rings is 1. The standard InChI is InChI=1S/C21H23Br3N4O/c1-11-12(2)28(19-16(23)8-15(22)9-17(19)24)21-18(11)20(25-13(3)26-21)27-6-4-14(10-29)5-7-27/h8-9,14,29H,4-7,10H2,1-3H3. The van der Waals surface area contributed by atoms with Crippen LogP contribution in [0.1, 0.15) is 29.9 Å². The summed E-state index contributed by atoms with van der Waals surface area (Å²) in [5.74, 6) is 2.17. The van der Waals surface area contributed by atoms with Gasteiger partial charge in [-0.1, -0.05) is 15.9 Å². The van der Waals surface area contributed by atoms with E-state index in [1.165, 1.54) is 5.56 Å². The zero-order chi connectivity index (χ0) is 20.9. The molecule has 4 rings (SSSR count). The van der Waals surface area contributed by atoms with Gasteiger partial charge < -0.3 is 10.0 Å². The number of aryl methyl sites for hydroxylation is 2. The van der Waals surface area contributed by atoms with Crippen molar-refractivity contribution in [3.05, 3.63) is 42.6 Å². The molecule has 0 bridgehead atoms. The molecule has 29 heavy (non-hydrogen) atoms. The highest BCUT2D eigenvalue weighted by molar-refractivity contribution is 9.11. The number of rotatable bonds is 3. The Balaban J connectivity index is 1.94. The van der Waals surface area contributed by atoms with E-state index in [0.29, 0.717) is 5.92 Å². The first-order valence-electron chi connectivity index (χ1n) is 9.68. The first-order valence-corrected chi connectivity index (χ1v) is 12.1. The van der Waals surface area contributed by atoms with E-state index in [1.807, 2.05) is 6.92 Å². The minimum absolute atomic E-state index is 0.270. The van der Waals surface area contributed by atoms with Crippen molar-refractivity contribution in [2.45, 2.75) is 33.6 Å². The molecule has 1 aliphatic heterocycles. The second-order valence-corrected chi connectivity index (χ2v) is 10.3. The number of anilines is 1. The van der Waals surface area contributed by atoms with Crippen LogP contribution in [0.3, 0.4) is 0 Å². The van der Waals surface area contributed by atoms with E-state index in [1.54, 1.807) is 0 Å². The Morgan fingerprint density at radius 2 is 1.66 bits per heavy atom.